The van der Waals surface area contributed by atoms with Gasteiger partial charge in [-0.15, -0.1) is 0 Å². The highest BCUT2D eigenvalue weighted by Crippen LogP contribution is 2.18. The topological polar surface area (TPSA) is 87.7 Å². The minimum Gasteiger partial charge on any atom is -0.497 e. The number of nitrogens with one attached hydrogen (secondary N) is 2. The van der Waals surface area contributed by atoms with E-state index >= 15 is 0 Å². The van der Waals surface area contributed by atoms with Crippen LogP contribution in [0, 0.1) is 5.92 Å². The molecule has 8 heteroatoms. The summed E-state index contributed by atoms with van der Waals surface area (Å²) in [5.74, 6) is 0.0788. The van der Waals surface area contributed by atoms with Crippen molar-refractivity contribution in [2.45, 2.75) is 50.2 Å². The predicted octanol–water partition coefficient (Wildman–Crippen LogP) is 2.78. The summed E-state index contributed by atoms with van der Waals surface area (Å²) in [5, 5.41) is 3.08. The van der Waals surface area contributed by atoms with E-state index in [1.165, 1.54) is 24.8 Å². The van der Waals surface area contributed by atoms with E-state index in [4.69, 9.17) is 4.74 Å². The zero-order valence-corrected chi connectivity index (χ0v) is 19.8. The number of piperidine rings is 1. The number of sulfonamides is 1. The Bertz CT molecular complexity index is 978. The van der Waals surface area contributed by atoms with Crippen LogP contribution in [0.3, 0.4) is 0 Å². The number of carbonyl (C=O) groups excluding carboxylic acids is 1. The molecule has 2 atom stereocenters. The highest BCUT2D eigenvalue weighted by molar-refractivity contribution is 7.89. The summed E-state index contributed by atoms with van der Waals surface area (Å²) in [6.45, 7) is 6.24. The molecule has 1 unspecified atom stereocenters. The third kappa shape index (κ3) is 6.54. The summed E-state index contributed by atoms with van der Waals surface area (Å²) in [7, 11) is -2.32. The molecular formula is C24H33N3O4S. The minimum atomic E-state index is -3.84. The Morgan fingerprint density at radius 2 is 1.81 bits per heavy atom. The second kappa shape index (κ2) is 10.9. The van der Waals surface area contributed by atoms with Crippen LogP contribution in [0.25, 0.3) is 0 Å². The van der Waals surface area contributed by atoms with Gasteiger partial charge in [0.2, 0.25) is 15.9 Å². The van der Waals surface area contributed by atoms with Crippen molar-refractivity contribution in [3.8, 4) is 5.75 Å². The lowest BCUT2D eigenvalue weighted by atomic mass is 10.0. The van der Waals surface area contributed by atoms with Gasteiger partial charge in [-0.3, -0.25) is 9.69 Å². The Morgan fingerprint density at radius 3 is 2.44 bits per heavy atom. The molecule has 7 nitrogen and oxygen atoms in total. The summed E-state index contributed by atoms with van der Waals surface area (Å²) in [6, 6.07) is 15.5. The first kappa shape index (κ1) is 24.2. The Labute approximate surface area is 191 Å². The molecule has 32 heavy (non-hydrogen) atoms. The lowest BCUT2D eigenvalue weighted by molar-refractivity contribution is -0.124. The highest BCUT2D eigenvalue weighted by Gasteiger charge is 2.31. The summed E-state index contributed by atoms with van der Waals surface area (Å²) < 4.78 is 33.4. The van der Waals surface area contributed by atoms with E-state index in [-0.39, 0.29) is 22.8 Å². The van der Waals surface area contributed by atoms with Gasteiger partial charge in [-0.25, -0.2) is 8.42 Å². The van der Waals surface area contributed by atoms with Crippen molar-refractivity contribution >= 4 is 15.9 Å². The fourth-order valence-electron chi connectivity index (χ4n) is 3.93. The molecule has 0 saturated carbocycles. The maximum Gasteiger partial charge on any atom is 0.241 e. The minimum absolute atomic E-state index is 0.00768. The van der Waals surface area contributed by atoms with Crippen LogP contribution in [-0.4, -0.2) is 51.5 Å². The first-order chi connectivity index (χ1) is 15.3. The number of rotatable bonds is 9. The van der Waals surface area contributed by atoms with Gasteiger partial charge in [0.1, 0.15) is 11.8 Å². The largest absolute Gasteiger partial charge is 0.497 e. The van der Waals surface area contributed by atoms with E-state index < -0.39 is 16.1 Å². The number of nitrogens with zero attached hydrogens (tertiary/aromatic N) is 1. The molecule has 3 rings (SSSR count). The molecule has 1 aliphatic heterocycles. The summed E-state index contributed by atoms with van der Waals surface area (Å²) in [6.07, 6.45) is 1.87. The molecule has 0 aliphatic carbocycles. The maximum absolute atomic E-state index is 13.1. The lowest BCUT2D eigenvalue weighted by Gasteiger charge is -2.34. The zero-order chi connectivity index (χ0) is 23.1. The van der Waals surface area contributed by atoms with Crippen molar-refractivity contribution in [2.24, 2.45) is 5.92 Å². The van der Waals surface area contributed by atoms with E-state index in [2.05, 4.69) is 27.1 Å². The van der Waals surface area contributed by atoms with Gasteiger partial charge in [0, 0.05) is 19.1 Å². The first-order valence-corrected chi connectivity index (χ1v) is 12.5. The standard InChI is InChI=1S/C24H33N3O4S/c1-18(2)23(26-32(29,30)22-13-11-21(31-3)12-14-22)24(28)25-20-10-7-15-27(17-20)16-19-8-5-4-6-9-19/h4-6,8-9,11-14,18,20,23,26H,7,10,15-17H2,1-3H3,(H,25,28)/t20?,23-/m0/s1. The SMILES string of the molecule is COc1ccc(S(=O)(=O)N[C@H](C(=O)NC2CCCN(Cc3ccccc3)C2)C(C)C)cc1. The van der Waals surface area contributed by atoms with Crippen molar-refractivity contribution in [2.75, 3.05) is 20.2 Å². The third-order valence-electron chi connectivity index (χ3n) is 5.70. The molecule has 1 heterocycles. The van der Waals surface area contributed by atoms with Crippen LogP contribution in [0.15, 0.2) is 59.5 Å². The average molecular weight is 460 g/mol. The predicted molar refractivity (Wildman–Crippen MR) is 125 cm³/mol. The van der Waals surface area contributed by atoms with E-state index in [0.29, 0.717) is 5.75 Å². The van der Waals surface area contributed by atoms with Gasteiger partial charge in [0.25, 0.3) is 0 Å². The molecule has 0 spiro atoms. The molecule has 2 aromatic rings. The molecule has 1 fully saturated rings. The molecule has 2 N–H and O–H groups in total. The van der Waals surface area contributed by atoms with Crippen LogP contribution in [0.1, 0.15) is 32.3 Å². The van der Waals surface area contributed by atoms with Crippen LogP contribution in [-0.2, 0) is 21.4 Å². The fourth-order valence-corrected chi connectivity index (χ4v) is 5.28. The Hall–Kier alpha value is -2.42. The molecule has 1 saturated heterocycles. The van der Waals surface area contributed by atoms with Gasteiger partial charge in [0.15, 0.2) is 0 Å². The van der Waals surface area contributed by atoms with Crippen LogP contribution in [0.2, 0.25) is 0 Å². The van der Waals surface area contributed by atoms with E-state index in [9.17, 15) is 13.2 Å². The van der Waals surface area contributed by atoms with E-state index in [0.717, 1.165) is 32.5 Å². The van der Waals surface area contributed by atoms with Gasteiger partial charge in [-0.05, 0) is 55.1 Å². The second-order valence-corrected chi connectivity index (χ2v) is 10.3. The van der Waals surface area contributed by atoms with Gasteiger partial charge < -0.3 is 10.1 Å². The Balaban J connectivity index is 1.62. The third-order valence-corrected chi connectivity index (χ3v) is 7.16. The van der Waals surface area contributed by atoms with Crippen LogP contribution in [0.4, 0.5) is 0 Å². The number of hydrogen-bond donors (Lipinski definition) is 2. The molecule has 1 aliphatic rings. The Morgan fingerprint density at radius 1 is 1.12 bits per heavy atom. The quantitative estimate of drug-likeness (QED) is 0.602. The number of methoxy groups -OCH3 is 1. The molecule has 1 amide bonds. The summed E-state index contributed by atoms with van der Waals surface area (Å²) in [5.41, 5.74) is 1.24. The smallest absolute Gasteiger partial charge is 0.241 e. The molecule has 2 aromatic carbocycles. The monoisotopic (exact) mass is 459 g/mol. The number of ether oxygens (including phenoxy) is 1. The molecule has 0 radical (unpaired) electrons. The van der Waals surface area contributed by atoms with Gasteiger partial charge >= 0.3 is 0 Å². The first-order valence-electron chi connectivity index (χ1n) is 11.0. The number of likely N-dealkylation sites (tertiary alicyclic amines) is 1. The fraction of sp³-hybridized carbons (Fsp3) is 0.458. The average Bonchev–Trinajstić information content (AvgIpc) is 2.78. The normalized spacial score (nSPS) is 18.3. The van der Waals surface area contributed by atoms with Crippen molar-refractivity contribution in [3.63, 3.8) is 0 Å². The van der Waals surface area contributed by atoms with Crippen molar-refractivity contribution in [1.29, 1.82) is 0 Å². The van der Waals surface area contributed by atoms with Gasteiger partial charge in [0.05, 0.1) is 12.0 Å². The van der Waals surface area contributed by atoms with Crippen LogP contribution >= 0.6 is 0 Å². The van der Waals surface area contributed by atoms with Crippen molar-refractivity contribution in [1.82, 2.24) is 14.9 Å². The van der Waals surface area contributed by atoms with Crippen molar-refractivity contribution < 1.29 is 17.9 Å². The number of benzene rings is 2. The Kier molecular flexibility index (Phi) is 8.28. The summed E-state index contributed by atoms with van der Waals surface area (Å²) >= 11 is 0. The number of carbonyl (C=O) groups is 1. The maximum atomic E-state index is 13.1. The number of hydrogen-bond acceptors (Lipinski definition) is 5. The molecular weight excluding hydrogens is 426 g/mol. The summed E-state index contributed by atoms with van der Waals surface area (Å²) in [4.78, 5) is 15.5. The van der Waals surface area contributed by atoms with Gasteiger partial charge in [-0.2, -0.15) is 4.72 Å². The van der Waals surface area contributed by atoms with Crippen LogP contribution < -0.4 is 14.8 Å². The highest BCUT2D eigenvalue weighted by atomic mass is 32.2. The lowest BCUT2D eigenvalue weighted by Crippen LogP contribution is -2.55. The van der Waals surface area contributed by atoms with E-state index in [1.807, 2.05) is 32.0 Å². The zero-order valence-electron chi connectivity index (χ0n) is 19.0. The van der Waals surface area contributed by atoms with Crippen molar-refractivity contribution in [3.05, 3.63) is 60.2 Å². The molecule has 0 bridgehead atoms. The number of amides is 1. The molecule has 174 valence electrons. The van der Waals surface area contributed by atoms with Crippen LogP contribution in [0.5, 0.6) is 5.75 Å². The molecule has 0 aromatic heterocycles. The van der Waals surface area contributed by atoms with E-state index in [1.54, 1.807) is 12.1 Å². The second-order valence-electron chi connectivity index (χ2n) is 8.59. The van der Waals surface area contributed by atoms with Gasteiger partial charge in [-0.1, -0.05) is 44.2 Å².